The molecule has 1 aromatic heterocycles. The Labute approximate surface area is 242 Å². The Kier molecular flexibility index (Phi) is 6.81. The monoisotopic (exact) mass is 595 g/mol. The highest BCUT2D eigenvalue weighted by Crippen LogP contribution is 2.37. The normalized spacial score (nSPS) is 16.4. The molecule has 1 aliphatic rings. The van der Waals surface area contributed by atoms with Crippen molar-refractivity contribution in [1.29, 1.82) is 0 Å². The van der Waals surface area contributed by atoms with Gasteiger partial charge in [-0.15, -0.1) is 11.3 Å². The van der Waals surface area contributed by atoms with E-state index in [0.29, 0.717) is 41.9 Å². The van der Waals surface area contributed by atoms with Crippen LogP contribution in [0.3, 0.4) is 0 Å². The third-order valence-corrected chi connectivity index (χ3v) is 8.26. The fraction of sp³-hybridized carbons (Fsp3) is 0.0345. The molecule has 1 atom stereocenters. The van der Waals surface area contributed by atoms with Crippen molar-refractivity contribution in [2.45, 2.75) is 6.17 Å². The first-order chi connectivity index (χ1) is 18.4. The molecule has 9 heteroatoms. The highest BCUT2D eigenvalue weighted by Gasteiger charge is 2.36. The molecule has 6 rings (SSSR count). The molecule has 0 bridgehead atoms. The summed E-state index contributed by atoms with van der Waals surface area (Å²) in [7, 11) is 0. The minimum absolute atomic E-state index is 0.285. The molecule has 1 fully saturated rings. The number of nitrogens with zero attached hydrogens (tertiary/aromatic N) is 2. The van der Waals surface area contributed by atoms with Crippen molar-refractivity contribution in [3.8, 4) is 0 Å². The molecule has 1 aliphatic heterocycles. The first-order valence-corrected chi connectivity index (χ1v) is 13.9. The summed E-state index contributed by atoms with van der Waals surface area (Å²) in [6.07, 6.45) is 1.26. The van der Waals surface area contributed by atoms with Gasteiger partial charge in [0.1, 0.15) is 11.1 Å². The molecule has 5 aromatic rings. The van der Waals surface area contributed by atoms with Gasteiger partial charge >= 0.3 is 0 Å². The SMILES string of the molecule is O=C1/C(=C\c2ccccc2)NC(c2ccccc2)N1N=c1c2c(Cl)cc(Cl)cc2sc2cc(Cl)cc(Cl)c12. The number of benzene rings is 4. The Morgan fingerprint density at radius 3 is 1.92 bits per heavy atom. The van der Waals surface area contributed by atoms with Gasteiger partial charge in [0.15, 0.2) is 6.17 Å². The largest absolute Gasteiger partial charge is 0.355 e. The van der Waals surface area contributed by atoms with E-state index in [1.54, 1.807) is 12.1 Å². The first-order valence-electron chi connectivity index (χ1n) is 11.6. The van der Waals surface area contributed by atoms with Gasteiger partial charge in [-0.1, -0.05) is 107 Å². The van der Waals surface area contributed by atoms with Gasteiger partial charge in [0, 0.05) is 30.2 Å². The van der Waals surface area contributed by atoms with Gasteiger partial charge in [-0.3, -0.25) is 4.79 Å². The number of fused-ring (bicyclic) bond motifs is 2. The maximum absolute atomic E-state index is 13.8. The smallest absolute Gasteiger partial charge is 0.292 e. The van der Waals surface area contributed by atoms with Crippen LogP contribution in [0.1, 0.15) is 17.3 Å². The molecule has 1 saturated heterocycles. The van der Waals surface area contributed by atoms with Crippen LogP contribution < -0.4 is 10.7 Å². The van der Waals surface area contributed by atoms with Gasteiger partial charge in [0.25, 0.3) is 5.91 Å². The van der Waals surface area contributed by atoms with Crippen LogP contribution in [-0.4, -0.2) is 10.9 Å². The Morgan fingerprint density at radius 2 is 1.34 bits per heavy atom. The number of carbonyl (C=O) groups is 1. The van der Waals surface area contributed by atoms with Crippen molar-refractivity contribution in [1.82, 2.24) is 10.3 Å². The van der Waals surface area contributed by atoms with Crippen molar-refractivity contribution in [2.24, 2.45) is 5.10 Å². The molecule has 1 amide bonds. The van der Waals surface area contributed by atoms with E-state index in [-0.39, 0.29) is 5.91 Å². The lowest BCUT2D eigenvalue weighted by Crippen LogP contribution is -2.28. The maximum atomic E-state index is 13.8. The average molecular weight is 597 g/mol. The van der Waals surface area contributed by atoms with E-state index in [0.717, 1.165) is 20.5 Å². The fourth-order valence-corrected chi connectivity index (χ4v) is 7.10. The minimum atomic E-state index is -0.551. The van der Waals surface area contributed by atoms with Crippen LogP contribution in [0.25, 0.3) is 26.2 Å². The van der Waals surface area contributed by atoms with E-state index in [1.807, 2.05) is 78.9 Å². The number of carbonyl (C=O) groups excluding carboxylic acids is 1. The molecule has 38 heavy (non-hydrogen) atoms. The standard InChI is InChI=1S/C29H17Cl4N3OS/c30-18-12-20(32)25-23(14-18)38-24-15-19(31)13-21(33)26(24)27(25)35-36-28(17-9-5-2-6-10-17)34-22(29(36)37)11-16-7-3-1-4-8-16/h1-15,28,34H/b22-11+. The van der Waals surface area contributed by atoms with E-state index in [2.05, 4.69) is 5.32 Å². The van der Waals surface area contributed by atoms with Crippen LogP contribution in [0, 0.1) is 0 Å². The molecule has 0 saturated carbocycles. The van der Waals surface area contributed by atoms with Crippen LogP contribution in [0.2, 0.25) is 20.1 Å². The van der Waals surface area contributed by atoms with E-state index in [9.17, 15) is 4.79 Å². The Balaban J connectivity index is 1.65. The molecule has 188 valence electrons. The van der Waals surface area contributed by atoms with Crippen LogP contribution in [0.4, 0.5) is 0 Å². The number of halogens is 4. The molecule has 4 nitrogen and oxygen atoms in total. The van der Waals surface area contributed by atoms with E-state index in [4.69, 9.17) is 51.5 Å². The number of amides is 1. The van der Waals surface area contributed by atoms with Crippen molar-refractivity contribution < 1.29 is 4.79 Å². The Morgan fingerprint density at radius 1 is 0.789 bits per heavy atom. The summed E-state index contributed by atoms with van der Waals surface area (Å²) in [6, 6.07) is 26.3. The highest BCUT2D eigenvalue weighted by molar-refractivity contribution is 7.24. The average Bonchev–Trinajstić information content (AvgIpc) is 3.19. The summed E-state index contributed by atoms with van der Waals surface area (Å²) < 4.78 is 1.59. The third kappa shape index (κ3) is 4.66. The zero-order valence-electron chi connectivity index (χ0n) is 19.5. The third-order valence-electron chi connectivity index (χ3n) is 6.14. The van der Waals surface area contributed by atoms with E-state index in [1.165, 1.54) is 16.3 Å². The molecule has 4 aromatic carbocycles. The molecule has 1 unspecified atom stereocenters. The summed E-state index contributed by atoms with van der Waals surface area (Å²) in [5.74, 6) is -0.285. The van der Waals surface area contributed by atoms with Crippen molar-refractivity contribution in [3.05, 3.63) is 127 Å². The number of hydrogen-bond acceptors (Lipinski definition) is 4. The Hall–Kier alpha value is -3.06. The number of rotatable bonds is 3. The molecule has 1 N–H and O–H groups in total. The van der Waals surface area contributed by atoms with Gasteiger partial charge in [-0.25, -0.2) is 5.01 Å². The molecule has 0 spiro atoms. The summed E-state index contributed by atoms with van der Waals surface area (Å²) in [5.41, 5.74) is 2.19. The topological polar surface area (TPSA) is 44.7 Å². The second kappa shape index (κ2) is 10.3. The van der Waals surface area contributed by atoms with E-state index < -0.39 is 6.17 Å². The Bertz CT molecular complexity index is 1750. The van der Waals surface area contributed by atoms with Crippen LogP contribution in [0.15, 0.2) is 95.7 Å². The minimum Gasteiger partial charge on any atom is -0.355 e. The lowest BCUT2D eigenvalue weighted by molar-refractivity contribution is -0.126. The van der Waals surface area contributed by atoms with Gasteiger partial charge < -0.3 is 5.32 Å². The highest BCUT2D eigenvalue weighted by atomic mass is 35.5. The lowest BCUT2D eigenvalue weighted by Gasteiger charge is -2.20. The van der Waals surface area contributed by atoms with Gasteiger partial charge in [-0.05, 0) is 41.5 Å². The first kappa shape index (κ1) is 25.2. The quantitative estimate of drug-likeness (QED) is 0.167. The number of hydrogen-bond donors (Lipinski definition) is 1. The lowest BCUT2D eigenvalue weighted by atomic mass is 10.1. The molecule has 0 aliphatic carbocycles. The zero-order chi connectivity index (χ0) is 26.4. The predicted molar refractivity (Wildman–Crippen MR) is 159 cm³/mol. The van der Waals surface area contributed by atoms with Crippen molar-refractivity contribution >= 4 is 89.9 Å². The molecular weight excluding hydrogens is 580 g/mol. The molecule has 2 heterocycles. The maximum Gasteiger partial charge on any atom is 0.292 e. The van der Waals surface area contributed by atoms with E-state index >= 15 is 0 Å². The zero-order valence-corrected chi connectivity index (χ0v) is 23.3. The fourth-order valence-electron chi connectivity index (χ4n) is 4.46. The van der Waals surface area contributed by atoms with Gasteiger partial charge in [0.05, 0.1) is 10.0 Å². The van der Waals surface area contributed by atoms with Crippen molar-refractivity contribution in [3.63, 3.8) is 0 Å². The summed E-state index contributed by atoms with van der Waals surface area (Å²) in [6.45, 7) is 0. The summed E-state index contributed by atoms with van der Waals surface area (Å²) in [5, 5.41) is 13.3. The van der Waals surface area contributed by atoms with Crippen molar-refractivity contribution in [2.75, 3.05) is 0 Å². The van der Waals surface area contributed by atoms with Crippen LogP contribution in [-0.2, 0) is 4.79 Å². The summed E-state index contributed by atoms with van der Waals surface area (Å²) in [4.78, 5) is 13.8. The second-order valence-electron chi connectivity index (χ2n) is 8.65. The summed E-state index contributed by atoms with van der Waals surface area (Å²) >= 11 is 27.6. The molecular formula is C29H17Cl4N3OS. The second-order valence-corrected chi connectivity index (χ2v) is 11.4. The number of nitrogens with one attached hydrogen (secondary N) is 1. The van der Waals surface area contributed by atoms with Gasteiger partial charge in [-0.2, -0.15) is 5.10 Å². The van der Waals surface area contributed by atoms with Crippen LogP contribution in [0.5, 0.6) is 0 Å². The predicted octanol–water partition coefficient (Wildman–Crippen LogP) is 8.66. The molecule has 0 radical (unpaired) electrons. The van der Waals surface area contributed by atoms with Crippen LogP contribution >= 0.6 is 57.7 Å². The van der Waals surface area contributed by atoms with Gasteiger partial charge in [0.2, 0.25) is 0 Å².